The molecule has 0 aliphatic carbocycles. The zero-order chi connectivity index (χ0) is 14.9. The summed E-state index contributed by atoms with van der Waals surface area (Å²) in [4.78, 5) is 4.60. The van der Waals surface area contributed by atoms with Gasteiger partial charge in [0.2, 0.25) is 0 Å². The van der Waals surface area contributed by atoms with Crippen molar-refractivity contribution in [3.05, 3.63) is 72.9 Å². The van der Waals surface area contributed by atoms with Crippen LogP contribution in [0.2, 0.25) is 0 Å². The van der Waals surface area contributed by atoms with Gasteiger partial charge in [0, 0.05) is 17.1 Å². The summed E-state index contributed by atoms with van der Waals surface area (Å²) in [7, 11) is 1.68. The molecule has 2 nitrogen and oxygen atoms in total. The van der Waals surface area contributed by atoms with E-state index in [2.05, 4.69) is 59.6 Å². The average molecular weight is 285 g/mol. The molecule has 0 unspecified atom stereocenters. The minimum atomic E-state index is 0.856. The van der Waals surface area contributed by atoms with Crippen LogP contribution in [0.1, 0.15) is 0 Å². The van der Waals surface area contributed by atoms with Gasteiger partial charge in [-0.25, -0.2) is 0 Å². The predicted octanol–water partition coefficient (Wildman–Crippen LogP) is 5.06. The molecule has 0 fully saturated rings. The third-order valence-electron chi connectivity index (χ3n) is 4.03. The molecule has 0 amide bonds. The van der Waals surface area contributed by atoms with Gasteiger partial charge in [0.05, 0.1) is 12.8 Å². The molecule has 0 aliphatic rings. The first-order valence-corrected chi connectivity index (χ1v) is 7.28. The first-order chi connectivity index (χ1) is 10.9. The van der Waals surface area contributed by atoms with Crippen LogP contribution in [0.3, 0.4) is 0 Å². The number of pyridine rings is 1. The highest BCUT2D eigenvalue weighted by Crippen LogP contribution is 2.32. The van der Waals surface area contributed by atoms with Gasteiger partial charge in [0.25, 0.3) is 0 Å². The average Bonchev–Trinajstić information content (AvgIpc) is 2.61. The maximum Gasteiger partial charge on any atom is 0.118 e. The lowest BCUT2D eigenvalue weighted by atomic mass is 9.99. The monoisotopic (exact) mass is 285 g/mol. The van der Waals surface area contributed by atoms with E-state index in [4.69, 9.17) is 4.74 Å². The van der Waals surface area contributed by atoms with Crippen LogP contribution in [0.5, 0.6) is 5.75 Å². The summed E-state index contributed by atoms with van der Waals surface area (Å²) in [6.07, 6.45) is 1.88. The van der Waals surface area contributed by atoms with Crippen molar-refractivity contribution in [2.45, 2.75) is 0 Å². The van der Waals surface area contributed by atoms with E-state index in [9.17, 15) is 0 Å². The lowest BCUT2D eigenvalue weighted by Crippen LogP contribution is -1.88. The number of ether oxygens (including phenoxy) is 1. The van der Waals surface area contributed by atoms with Gasteiger partial charge in [-0.3, -0.25) is 4.98 Å². The van der Waals surface area contributed by atoms with Gasteiger partial charge >= 0.3 is 0 Å². The topological polar surface area (TPSA) is 22.1 Å². The molecule has 4 rings (SSSR count). The summed E-state index contributed by atoms with van der Waals surface area (Å²) in [6.45, 7) is 0. The molecule has 0 aliphatic heterocycles. The number of nitrogens with zero attached hydrogens (tertiary/aromatic N) is 1. The summed E-state index contributed by atoms with van der Waals surface area (Å²) in [5.74, 6) is 0.856. The quantitative estimate of drug-likeness (QED) is 0.480. The Balaban J connectivity index is 1.99. The SMILES string of the molecule is COc1ccc(-c2nccc3c2ccc2ccccc23)cc1. The molecule has 0 atom stereocenters. The van der Waals surface area contributed by atoms with E-state index in [0.717, 1.165) is 17.0 Å². The molecule has 2 heteroatoms. The fourth-order valence-corrected chi connectivity index (χ4v) is 2.92. The third-order valence-corrected chi connectivity index (χ3v) is 4.03. The smallest absolute Gasteiger partial charge is 0.118 e. The second kappa shape index (κ2) is 5.15. The number of fused-ring (bicyclic) bond motifs is 3. The fraction of sp³-hybridized carbons (Fsp3) is 0.0500. The lowest BCUT2D eigenvalue weighted by molar-refractivity contribution is 0.415. The maximum absolute atomic E-state index is 5.23. The highest BCUT2D eigenvalue weighted by molar-refractivity contribution is 6.11. The molecule has 22 heavy (non-hydrogen) atoms. The van der Waals surface area contributed by atoms with Crippen molar-refractivity contribution in [3.8, 4) is 17.0 Å². The van der Waals surface area contributed by atoms with Crippen LogP contribution in [0.25, 0.3) is 32.8 Å². The Bertz CT molecular complexity index is 958. The molecule has 106 valence electrons. The van der Waals surface area contributed by atoms with E-state index in [1.165, 1.54) is 21.5 Å². The molecular formula is C20H15NO. The number of benzene rings is 3. The second-order valence-electron chi connectivity index (χ2n) is 5.27. The molecule has 0 radical (unpaired) electrons. The van der Waals surface area contributed by atoms with Crippen molar-refractivity contribution >= 4 is 21.5 Å². The van der Waals surface area contributed by atoms with Gasteiger partial charge in [0.15, 0.2) is 0 Å². The molecule has 1 heterocycles. The van der Waals surface area contributed by atoms with Crippen LogP contribution in [-0.4, -0.2) is 12.1 Å². The van der Waals surface area contributed by atoms with Crippen LogP contribution >= 0.6 is 0 Å². The molecule has 0 saturated carbocycles. The van der Waals surface area contributed by atoms with E-state index in [0.29, 0.717) is 0 Å². The molecule has 4 aromatic rings. The number of hydrogen-bond donors (Lipinski definition) is 0. The Morgan fingerprint density at radius 1 is 0.727 bits per heavy atom. The highest BCUT2D eigenvalue weighted by Gasteiger charge is 2.07. The summed E-state index contributed by atoms with van der Waals surface area (Å²) in [5.41, 5.74) is 2.10. The molecule has 0 N–H and O–H groups in total. The van der Waals surface area contributed by atoms with Crippen molar-refractivity contribution in [2.24, 2.45) is 0 Å². The zero-order valence-electron chi connectivity index (χ0n) is 12.3. The Morgan fingerprint density at radius 2 is 1.55 bits per heavy atom. The van der Waals surface area contributed by atoms with E-state index >= 15 is 0 Å². The van der Waals surface area contributed by atoms with Crippen molar-refractivity contribution in [1.29, 1.82) is 0 Å². The second-order valence-corrected chi connectivity index (χ2v) is 5.27. The van der Waals surface area contributed by atoms with Crippen LogP contribution in [-0.2, 0) is 0 Å². The standard InChI is InChI=1S/C20H15NO/c1-22-16-9-6-15(7-10-16)20-19-11-8-14-4-2-3-5-17(14)18(19)12-13-21-20/h2-13H,1H3. The molecule has 0 bridgehead atoms. The minimum absolute atomic E-state index is 0.856. The number of methoxy groups -OCH3 is 1. The Morgan fingerprint density at radius 3 is 2.36 bits per heavy atom. The zero-order valence-corrected chi connectivity index (χ0v) is 12.3. The number of rotatable bonds is 2. The Kier molecular flexibility index (Phi) is 3.01. The molecule has 0 saturated heterocycles. The normalized spacial score (nSPS) is 11.0. The van der Waals surface area contributed by atoms with E-state index in [1.807, 2.05) is 18.3 Å². The van der Waals surface area contributed by atoms with Gasteiger partial charge < -0.3 is 4.74 Å². The van der Waals surface area contributed by atoms with Crippen LogP contribution in [0.4, 0.5) is 0 Å². The van der Waals surface area contributed by atoms with Gasteiger partial charge in [0.1, 0.15) is 5.75 Å². The summed E-state index contributed by atoms with van der Waals surface area (Å²) >= 11 is 0. The van der Waals surface area contributed by atoms with Crippen LogP contribution < -0.4 is 4.74 Å². The van der Waals surface area contributed by atoms with E-state index in [-0.39, 0.29) is 0 Å². The minimum Gasteiger partial charge on any atom is -0.497 e. The van der Waals surface area contributed by atoms with E-state index in [1.54, 1.807) is 7.11 Å². The van der Waals surface area contributed by atoms with Gasteiger partial charge in [-0.05, 0) is 46.5 Å². The highest BCUT2D eigenvalue weighted by atomic mass is 16.5. The van der Waals surface area contributed by atoms with Crippen molar-refractivity contribution in [1.82, 2.24) is 4.98 Å². The Hall–Kier alpha value is -2.87. The largest absolute Gasteiger partial charge is 0.497 e. The number of hydrogen-bond acceptors (Lipinski definition) is 2. The Labute approximate surface area is 129 Å². The van der Waals surface area contributed by atoms with Crippen LogP contribution in [0, 0.1) is 0 Å². The summed E-state index contributed by atoms with van der Waals surface area (Å²) in [6, 6.07) is 22.9. The molecule has 1 aromatic heterocycles. The fourth-order valence-electron chi connectivity index (χ4n) is 2.92. The van der Waals surface area contributed by atoms with Crippen molar-refractivity contribution in [2.75, 3.05) is 7.11 Å². The molecular weight excluding hydrogens is 270 g/mol. The third kappa shape index (κ3) is 2.01. The van der Waals surface area contributed by atoms with Gasteiger partial charge in [-0.15, -0.1) is 0 Å². The molecule has 0 spiro atoms. The first kappa shape index (κ1) is 12.8. The predicted molar refractivity (Wildman–Crippen MR) is 91.2 cm³/mol. The van der Waals surface area contributed by atoms with E-state index < -0.39 is 0 Å². The lowest BCUT2D eigenvalue weighted by Gasteiger charge is -2.09. The van der Waals surface area contributed by atoms with Crippen molar-refractivity contribution < 1.29 is 4.74 Å². The summed E-state index contributed by atoms with van der Waals surface area (Å²) in [5, 5.41) is 4.92. The molecule has 3 aromatic carbocycles. The number of aromatic nitrogens is 1. The first-order valence-electron chi connectivity index (χ1n) is 7.28. The van der Waals surface area contributed by atoms with Gasteiger partial charge in [-0.2, -0.15) is 0 Å². The summed E-state index contributed by atoms with van der Waals surface area (Å²) < 4.78 is 5.23. The van der Waals surface area contributed by atoms with Crippen molar-refractivity contribution in [3.63, 3.8) is 0 Å². The van der Waals surface area contributed by atoms with Crippen LogP contribution in [0.15, 0.2) is 72.9 Å². The maximum atomic E-state index is 5.23. The van der Waals surface area contributed by atoms with Gasteiger partial charge in [-0.1, -0.05) is 36.4 Å².